The van der Waals surface area contributed by atoms with Gasteiger partial charge in [-0.05, 0) is 69.0 Å². The van der Waals surface area contributed by atoms with E-state index in [1.165, 1.54) is 30.5 Å². The molecule has 0 fully saturated rings. The Balaban J connectivity index is 1.51. The van der Waals surface area contributed by atoms with Gasteiger partial charge in [0.2, 0.25) is 0 Å². The maximum Gasteiger partial charge on any atom is 0.123 e. The van der Waals surface area contributed by atoms with Crippen molar-refractivity contribution < 1.29 is 10.9 Å². The summed E-state index contributed by atoms with van der Waals surface area (Å²) < 4.78 is 25.3. The first-order chi connectivity index (χ1) is 22.9. The van der Waals surface area contributed by atoms with Gasteiger partial charge in [-0.1, -0.05) is 66.2 Å². The zero-order valence-corrected chi connectivity index (χ0v) is 27.7. The van der Waals surface area contributed by atoms with Crippen LogP contribution >= 0.6 is 11.6 Å². The highest BCUT2D eigenvalue weighted by molar-refractivity contribution is 6.35. The van der Waals surface area contributed by atoms with Crippen molar-refractivity contribution in [2.75, 3.05) is 17.2 Å². The number of β-amino-alcohol motifs (C(OH)–C–C–N with tert-alkyl or cyclic N) is 1. The number of nitriles is 1. The average molecular weight is 656 g/mol. The normalized spacial score (nSPS) is 14.6. The van der Waals surface area contributed by atoms with Gasteiger partial charge in [-0.25, -0.2) is 4.39 Å². The summed E-state index contributed by atoms with van der Waals surface area (Å²) in [6, 6.07) is 19.5. The van der Waals surface area contributed by atoms with Crippen LogP contribution in [0.5, 0.6) is 0 Å². The van der Waals surface area contributed by atoms with E-state index < -0.39 is 17.9 Å². The number of hydrogen-bond acceptors (Lipinski definition) is 8. The Hall–Kier alpha value is -4.56. The van der Waals surface area contributed by atoms with E-state index in [-0.39, 0.29) is 17.3 Å². The molecule has 5 aromatic rings. The molecule has 0 radical (unpaired) electrons. The van der Waals surface area contributed by atoms with Crippen molar-refractivity contribution in [2.45, 2.75) is 70.8 Å². The van der Waals surface area contributed by atoms with E-state index in [2.05, 4.69) is 44.2 Å². The van der Waals surface area contributed by atoms with Crippen LogP contribution < -0.4 is 16.0 Å². The molecule has 0 saturated carbocycles. The SMILES string of the molecule is [2H]C(Nc1cc(Cl)c2ncc(C#N)c(NC(CC)c3ccccc3)c2c1)(c1ccc(F)cc1)c1cn(CCC(O)CNC(C)(C)C)nn1. The Labute approximate surface area is 281 Å². The summed E-state index contributed by atoms with van der Waals surface area (Å²) in [5, 5.41) is 40.1. The highest BCUT2D eigenvalue weighted by Gasteiger charge is 2.22. The smallest absolute Gasteiger partial charge is 0.123 e. The molecule has 2 heterocycles. The van der Waals surface area contributed by atoms with Gasteiger partial charge in [-0.15, -0.1) is 5.10 Å². The number of halogens is 2. The molecule has 11 heteroatoms. The molecule has 0 amide bonds. The van der Waals surface area contributed by atoms with Gasteiger partial charge in [-0.2, -0.15) is 5.26 Å². The van der Waals surface area contributed by atoms with Gasteiger partial charge in [0.1, 0.15) is 17.6 Å². The molecule has 3 atom stereocenters. The van der Waals surface area contributed by atoms with Crippen molar-refractivity contribution in [1.29, 1.82) is 5.26 Å². The maximum atomic E-state index is 14.0. The molecule has 4 N–H and O–H groups in total. The summed E-state index contributed by atoms with van der Waals surface area (Å²) in [4.78, 5) is 4.48. The fourth-order valence-electron chi connectivity index (χ4n) is 5.23. The van der Waals surface area contributed by atoms with Gasteiger partial charge < -0.3 is 21.1 Å². The lowest BCUT2D eigenvalue weighted by atomic mass is 10.0. The van der Waals surface area contributed by atoms with Crippen molar-refractivity contribution in [3.8, 4) is 6.07 Å². The van der Waals surface area contributed by atoms with E-state index in [1.807, 2.05) is 51.1 Å². The minimum absolute atomic E-state index is 0.0911. The monoisotopic (exact) mass is 655 g/mol. The number of hydrogen-bond donors (Lipinski definition) is 4. The molecular weight excluding hydrogens is 615 g/mol. The maximum absolute atomic E-state index is 14.0. The first kappa shape index (κ1) is 32.4. The Morgan fingerprint density at radius 2 is 1.83 bits per heavy atom. The number of aromatic nitrogens is 4. The van der Waals surface area contributed by atoms with Gasteiger partial charge in [0.15, 0.2) is 0 Å². The highest BCUT2D eigenvalue weighted by Crippen LogP contribution is 2.37. The number of aliphatic hydroxyl groups excluding tert-OH is 1. The molecule has 3 unspecified atom stereocenters. The van der Waals surface area contributed by atoms with Crippen LogP contribution in [0.4, 0.5) is 15.8 Å². The van der Waals surface area contributed by atoms with E-state index >= 15 is 0 Å². The number of nitrogens with one attached hydrogen (secondary N) is 3. The Morgan fingerprint density at radius 3 is 2.51 bits per heavy atom. The van der Waals surface area contributed by atoms with Crippen molar-refractivity contribution in [1.82, 2.24) is 25.3 Å². The Kier molecular flexibility index (Phi) is 10.3. The van der Waals surface area contributed by atoms with E-state index in [1.54, 1.807) is 23.0 Å². The standard InChI is InChI=1S/C36H40ClFN8O/c1-5-31(23-9-7-6-8-10-23)43-33-25(19-39)20-40-35-29(33)17-27(18-30(35)37)42-34(24-11-13-26(38)14-12-24)32-22-46(45-44-32)16-15-28(47)21-41-36(2,3)4/h6-14,17-18,20,22,28,31,34,41-42,47H,5,15-16,21H2,1-4H3,(H,40,43)/i34D. The van der Waals surface area contributed by atoms with Crippen LogP contribution in [0, 0.1) is 17.1 Å². The predicted molar refractivity (Wildman–Crippen MR) is 185 cm³/mol. The minimum Gasteiger partial charge on any atom is -0.392 e. The van der Waals surface area contributed by atoms with Crippen LogP contribution in [0.25, 0.3) is 10.9 Å². The number of aliphatic hydroxyl groups is 1. The molecule has 47 heavy (non-hydrogen) atoms. The highest BCUT2D eigenvalue weighted by atomic mass is 35.5. The summed E-state index contributed by atoms with van der Waals surface area (Å²) in [7, 11) is 0. The average Bonchev–Trinajstić information content (AvgIpc) is 3.55. The summed E-state index contributed by atoms with van der Waals surface area (Å²) in [5.41, 5.74) is 3.49. The molecular formula is C36H40ClFN8O. The number of anilines is 2. The summed E-state index contributed by atoms with van der Waals surface area (Å²) in [5.74, 6) is -0.439. The number of pyridine rings is 1. The molecule has 0 aliphatic rings. The van der Waals surface area contributed by atoms with Crippen LogP contribution in [-0.4, -0.2) is 43.3 Å². The van der Waals surface area contributed by atoms with Crippen LogP contribution in [0.1, 0.15) is 76.4 Å². The van der Waals surface area contributed by atoms with Crippen LogP contribution in [0.15, 0.2) is 79.1 Å². The number of fused-ring (bicyclic) bond motifs is 1. The number of aryl methyl sites for hydroxylation is 1. The molecule has 0 aliphatic heterocycles. The molecule has 9 nitrogen and oxygen atoms in total. The number of nitrogens with zero attached hydrogens (tertiary/aromatic N) is 5. The lowest BCUT2D eigenvalue weighted by Gasteiger charge is -2.23. The number of benzene rings is 3. The minimum atomic E-state index is -1.72. The molecule has 0 saturated heterocycles. The molecule has 0 aliphatic carbocycles. The Bertz CT molecular complexity index is 1890. The fraction of sp³-hybridized carbons (Fsp3) is 0.333. The lowest BCUT2D eigenvalue weighted by molar-refractivity contribution is 0.144. The van der Waals surface area contributed by atoms with Gasteiger partial charge in [0.05, 0.1) is 47.5 Å². The van der Waals surface area contributed by atoms with Gasteiger partial charge in [0.25, 0.3) is 0 Å². The fourth-order valence-corrected chi connectivity index (χ4v) is 5.50. The third kappa shape index (κ3) is 8.63. The predicted octanol–water partition coefficient (Wildman–Crippen LogP) is 7.39. The lowest BCUT2D eigenvalue weighted by Crippen LogP contribution is -2.41. The first-order valence-corrected chi connectivity index (χ1v) is 16.0. The second kappa shape index (κ2) is 14.9. The third-order valence-corrected chi connectivity index (χ3v) is 8.02. The molecule has 5 rings (SSSR count). The van der Waals surface area contributed by atoms with E-state index in [0.717, 1.165) is 12.0 Å². The molecule has 0 spiro atoms. The van der Waals surface area contributed by atoms with E-state index in [4.69, 9.17) is 11.6 Å². The largest absolute Gasteiger partial charge is 0.392 e. The van der Waals surface area contributed by atoms with Crippen molar-refractivity contribution in [3.05, 3.63) is 112 Å². The van der Waals surface area contributed by atoms with Crippen LogP contribution in [-0.2, 0) is 6.54 Å². The first-order valence-electron chi connectivity index (χ1n) is 16.1. The molecule has 244 valence electrons. The van der Waals surface area contributed by atoms with Gasteiger partial charge >= 0.3 is 0 Å². The molecule has 0 bridgehead atoms. The second-order valence-electron chi connectivity index (χ2n) is 12.5. The van der Waals surface area contributed by atoms with Crippen molar-refractivity contribution in [3.63, 3.8) is 0 Å². The zero-order chi connectivity index (χ0) is 34.5. The third-order valence-electron chi connectivity index (χ3n) is 7.73. The Morgan fingerprint density at radius 1 is 1.09 bits per heavy atom. The molecule has 2 aromatic heterocycles. The quantitative estimate of drug-likeness (QED) is 0.104. The van der Waals surface area contributed by atoms with Crippen molar-refractivity contribution in [2.24, 2.45) is 0 Å². The second-order valence-corrected chi connectivity index (χ2v) is 12.9. The van der Waals surface area contributed by atoms with E-state index in [9.17, 15) is 16.1 Å². The van der Waals surface area contributed by atoms with Crippen LogP contribution in [0.2, 0.25) is 5.02 Å². The summed E-state index contributed by atoms with van der Waals surface area (Å²) >= 11 is 6.80. The van der Waals surface area contributed by atoms with Gasteiger partial charge in [0, 0.05) is 35.9 Å². The van der Waals surface area contributed by atoms with Gasteiger partial charge in [-0.3, -0.25) is 9.67 Å². The van der Waals surface area contributed by atoms with Crippen molar-refractivity contribution >= 4 is 33.9 Å². The summed E-state index contributed by atoms with van der Waals surface area (Å²) in [6.07, 6.45) is 3.72. The summed E-state index contributed by atoms with van der Waals surface area (Å²) in [6.45, 7) is 8.96. The topological polar surface area (TPSA) is 124 Å². The van der Waals surface area contributed by atoms with Crippen LogP contribution in [0.3, 0.4) is 0 Å². The van der Waals surface area contributed by atoms with E-state index in [0.29, 0.717) is 57.9 Å². The number of rotatable bonds is 13. The molecule has 3 aromatic carbocycles. The zero-order valence-electron chi connectivity index (χ0n) is 27.9.